The second-order valence-corrected chi connectivity index (χ2v) is 11.9. The predicted octanol–water partition coefficient (Wildman–Crippen LogP) is 4.79. The molecular formula is C32H53N3O8. The molecule has 11 heteroatoms. The van der Waals surface area contributed by atoms with Crippen LogP contribution >= 0.6 is 0 Å². The second kappa shape index (κ2) is 20.7. The van der Waals surface area contributed by atoms with E-state index >= 15 is 0 Å². The van der Waals surface area contributed by atoms with E-state index in [4.69, 9.17) is 23.8 Å². The number of esters is 2. The fraction of sp³-hybridized carbons (Fsp3) is 0.656. The summed E-state index contributed by atoms with van der Waals surface area (Å²) in [6.45, 7) is 18.8. The minimum absolute atomic E-state index is 0.0112. The monoisotopic (exact) mass is 607 g/mol. The van der Waals surface area contributed by atoms with Crippen molar-refractivity contribution in [1.82, 2.24) is 16.1 Å². The van der Waals surface area contributed by atoms with Gasteiger partial charge in [0.1, 0.15) is 37.8 Å². The van der Waals surface area contributed by atoms with Gasteiger partial charge in [0.05, 0.1) is 12.6 Å². The van der Waals surface area contributed by atoms with Crippen molar-refractivity contribution >= 4 is 18.0 Å². The first-order valence-electron chi connectivity index (χ1n) is 15.0. The summed E-state index contributed by atoms with van der Waals surface area (Å²) in [6, 6.07) is 7.55. The van der Waals surface area contributed by atoms with Gasteiger partial charge in [0.15, 0.2) is 0 Å². The molecule has 43 heavy (non-hydrogen) atoms. The topological polar surface area (TPSA) is 133 Å². The van der Waals surface area contributed by atoms with E-state index in [9.17, 15) is 14.4 Å². The number of hydrogen-bond acceptors (Lipinski definition) is 9. The van der Waals surface area contributed by atoms with Crippen LogP contribution in [0.4, 0.5) is 4.79 Å². The number of carbonyl (C=O) groups excluding carboxylic acids is 3. The molecule has 0 aromatic heterocycles. The van der Waals surface area contributed by atoms with Crippen molar-refractivity contribution < 1.29 is 38.2 Å². The Kier molecular flexibility index (Phi) is 18.2. The largest absolute Gasteiger partial charge is 0.491 e. The van der Waals surface area contributed by atoms with Gasteiger partial charge in [-0.2, -0.15) is 0 Å². The number of amides is 2. The van der Waals surface area contributed by atoms with Crippen molar-refractivity contribution in [3.05, 3.63) is 42.0 Å². The third-order valence-corrected chi connectivity index (χ3v) is 6.18. The zero-order valence-electron chi connectivity index (χ0n) is 27.1. The molecule has 0 saturated heterocycles. The van der Waals surface area contributed by atoms with E-state index in [1.165, 1.54) is 5.56 Å². The standard InChI is InChI=1S/C32H53N3O8/c1-23(2)29(36)40-19-25(5)43-35-31(38)34-18-12-10-9-11-17-33-22-42-28(21-41-30(37)24(3)4)20-39-27-15-13-26(14-16-27)32(6,7)8/h13-16,24-25,28,33H,1,9-12,17-22H2,2-8H3,(H2,34,35,38). The zero-order valence-corrected chi connectivity index (χ0v) is 27.1. The SMILES string of the molecule is C=C(C)C(=O)OCC(C)ONC(=O)NCCCCCCNCOC(COC(=O)C(C)C)COc1ccc(C(C)(C)C)cc1. The highest BCUT2D eigenvalue weighted by molar-refractivity contribution is 5.86. The Labute approximate surface area is 257 Å². The van der Waals surface area contributed by atoms with Crippen LogP contribution in [0.3, 0.4) is 0 Å². The van der Waals surface area contributed by atoms with Gasteiger partial charge in [0.2, 0.25) is 0 Å². The van der Waals surface area contributed by atoms with Crippen LogP contribution in [-0.4, -0.2) is 69.8 Å². The quantitative estimate of drug-likeness (QED) is 0.0593. The van der Waals surface area contributed by atoms with Crippen molar-refractivity contribution in [2.24, 2.45) is 5.92 Å². The maximum absolute atomic E-state index is 12.0. The molecule has 0 aliphatic rings. The van der Waals surface area contributed by atoms with Crippen LogP contribution in [0.1, 0.15) is 79.7 Å². The molecule has 0 saturated carbocycles. The number of hydrogen-bond donors (Lipinski definition) is 3. The minimum atomic E-state index is -0.501. The molecule has 0 fully saturated rings. The van der Waals surface area contributed by atoms with Crippen LogP contribution in [-0.2, 0) is 34.1 Å². The Morgan fingerprint density at radius 3 is 2.14 bits per heavy atom. The van der Waals surface area contributed by atoms with Crippen LogP contribution in [0.2, 0.25) is 0 Å². The Balaban J connectivity index is 2.21. The summed E-state index contributed by atoms with van der Waals surface area (Å²) >= 11 is 0. The number of unbranched alkanes of at least 4 members (excludes halogenated alkanes) is 3. The lowest BCUT2D eigenvalue weighted by Gasteiger charge is -2.21. The number of benzene rings is 1. The minimum Gasteiger partial charge on any atom is -0.491 e. The van der Waals surface area contributed by atoms with Crippen LogP contribution < -0.4 is 20.9 Å². The van der Waals surface area contributed by atoms with Crippen molar-refractivity contribution in [1.29, 1.82) is 0 Å². The molecule has 2 atom stereocenters. The Hall–Kier alpha value is -3.15. The predicted molar refractivity (Wildman–Crippen MR) is 165 cm³/mol. The van der Waals surface area contributed by atoms with Crippen molar-refractivity contribution in [2.45, 2.75) is 91.8 Å². The molecular weight excluding hydrogens is 554 g/mol. The van der Waals surface area contributed by atoms with Gasteiger partial charge < -0.3 is 24.3 Å². The Morgan fingerprint density at radius 2 is 1.53 bits per heavy atom. The normalized spacial score (nSPS) is 12.7. The fourth-order valence-corrected chi connectivity index (χ4v) is 3.45. The molecule has 0 aliphatic heterocycles. The number of rotatable bonds is 21. The zero-order chi connectivity index (χ0) is 32.3. The first-order valence-corrected chi connectivity index (χ1v) is 15.0. The molecule has 1 aromatic rings. The third-order valence-electron chi connectivity index (χ3n) is 6.18. The lowest BCUT2D eigenvalue weighted by Crippen LogP contribution is -2.39. The molecule has 2 unspecified atom stereocenters. The van der Waals surface area contributed by atoms with E-state index in [0.717, 1.165) is 38.0 Å². The lowest BCUT2D eigenvalue weighted by atomic mass is 9.87. The average Bonchev–Trinajstić information content (AvgIpc) is 2.95. The van der Waals surface area contributed by atoms with Crippen LogP contribution in [0.15, 0.2) is 36.4 Å². The lowest BCUT2D eigenvalue weighted by molar-refractivity contribution is -0.152. The highest BCUT2D eigenvalue weighted by atomic mass is 16.7. The van der Waals surface area contributed by atoms with Gasteiger partial charge in [-0.3, -0.25) is 14.9 Å². The number of carbonyl (C=O) groups is 3. The number of hydroxylamine groups is 1. The van der Waals surface area contributed by atoms with Gasteiger partial charge >= 0.3 is 18.0 Å². The molecule has 0 bridgehead atoms. The summed E-state index contributed by atoms with van der Waals surface area (Å²) in [5.74, 6) is -0.247. The molecule has 0 radical (unpaired) electrons. The van der Waals surface area contributed by atoms with Crippen molar-refractivity contribution in [2.75, 3.05) is 39.6 Å². The number of ether oxygens (including phenoxy) is 4. The van der Waals surface area contributed by atoms with Crippen molar-refractivity contribution in [3.63, 3.8) is 0 Å². The van der Waals surface area contributed by atoms with Gasteiger partial charge in [0, 0.05) is 12.1 Å². The molecule has 2 amide bonds. The van der Waals surface area contributed by atoms with E-state index in [1.807, 2.05) is 12.1 Å². The van der Waals surface area contributed by atoms with Gasteiger partial charge in [0.25, 0.3) is 0 Å². The fourth-order valence-electron chi connectivity index (χ4n) is 3.45. The number of urea groups is 1. The maximum atomic E-state index is 12.0. The highest BCUT2D eigenvalue weighted by Gasteiger charge is 2.17. The van der Waals surface area contributed by atoms with E-state index in [-0.39, 0.29) is 37.1 Å². The second-order valence-electron chi connectivity index (χ2n) is 11.9. The molecule has 11 nitrogen and oxygen atoms in total. The van der Waals surface area contributed by atoms with Gasteiger partial charge in [-0.25, -0.2) is 15.1 Å². The first-order chi connectivity index (χ1) is 20.3. The summed E-state index contributed by atoms with van der Waals surface area (Å²) in [4.78, 5) is 40.3. The smallest absolute Gasteiger partial charge is 0.338 e. The van der Waals surface area contributed by atoms with Crippen LogP contribution in [0.5, 0.6) is 5.75 Å². The molecule has 244 valence electrons. The maximum Gasteiger partial charge on any atom is 0.338 e. The summed E-state index contributed by atoms with van der Waals surface area (Å²) in [5.41, 5.74) is 3.88. The molecule has 1 aromatic carbocycles. The van der Waals surface area contributed by atoms with E-state index < -0.39 is 24.2 Å². The van der Waals surface area contributed by atoms with E-state index in [0.29, 0.717) is 18.8 Å². The summed E-state index contributed by atoms with van der Waals surface area (Å²) < 4.78 is 22.2. The van der Waals surface area contributed by atoms with E-state index in [2.05, 4.69) is 55.6 Å². The highest BCUT2D eigenvalue weighted by Crippen LogP contribution is 2.24. The van der Waals surface area contributed by atoms with E-state index in [1.54, 1.807) is 27.7 Å². The van der Waals surface area contributed by atoms with Crippen LogP contribution in [0, 0.1) is 5.92 Å². The summed E-state index contributed by atoms with van der Waals surface area (Å²) in [5, 5.41) is 5.98. The summed E-state index contributed by atoms with van der Waals surface area (Å²) in [6.07, 6.45) is 2.81. The van der Waals surface area contributed by atoms with Gasteiger partial charge in [-0.15, -0.1) is 0 Å². The van der Waals surface area contributed by atoms with Gasteiger partial charge in [-0.1, -0.05) is 66.2 Å². The van der Waals surface area contributed by atoms with Crippen molar-refractivity contribution in [3.8, 4) is 5.75 Å². The third kappa shape index (κ3) is 18.2. The Bertz CT molecular complexity index is 976. The molecule has 0 aliphatic carbocycles. The summed E-state index contributed by atoms with van der Waals surface area (Å²) in [7, 11) is 0. The molecule has 0 heterocycles. The van der Waals surface area contributed by atoms with Gasteiger partial charge in [-0.05, 0) is 56.3 Å². The average molecular weight is 608 g/mol. The van der Waals surface area contributed by atoms with Crippen LogP contribution in [0.25, 0.3) is 0 Å². The Morgan fingerprint density at radius 1 is 0.884 bits per heavy atom. The first kappa shape index (κ1) is 37.9. The molecule has 3 N–H and O–H groups in total. The molecule has 0 spiro atoms. The molecule has 1 rings (SSSR count). The number of nitrogens with one attached hydrogen (secondary N) is 3.